The largest absolute Gasteiger partial charge is 0.462 e. The highest BCUT2D eigenvalue weighted by atomic mass is 16.6. The SMILES string of the molecule is CC/C=C\C/C=C\C/C=C\C/C=C\CCCCCOCC(COC(=O)CCCCCCCC/C=C\C/C=C\C/C=C\CCCCC)OC(=O)CCCCCCCCCCCCCCCCCCCCC. The lowest BCUT2D eigenvalue weighted by molar-refractivity contribution is -0.163. The van der Waals surface area contributed by atoms with Crippen molar-refractivity contribution in [1.82, 2.24) is 0 Å². The van der Waals surface area contributed by atoms with Crippen LogP contribution in [0.5, 0.6) is 0 Å². The van der Waals surface area contributed by atoms with Gasteiger partial charge < -0.3 is 14.2 Å². The number of ether oxygens (including phenoxy) is 3. The topological polar surface area (TPSA) is 61.8 Å². The van der Waals surface area contributed by atoms with E-state index in [1.165, 1.54) is 154 Å². The van der Waals surface area contributed by atoms with Crippen molar-refractivity contribution in [3.8, 4) is 0 Å². The van der Waals surface area contributed by atoms with Crippen LogP contribution >= 0.6 is 0 Å². The molecule has 1 atom stereocenters. The summed E-state index contributed by atoms with van der Waals surface area (Å²) < 4.78 is 17.5. The molecule has 0 aliphatic carbocycles. The van der Waals surface area contributed by atoms with Crippen LogP contribution in [0.1, 0.15) is 290 Å². The van der Waals surface area contributed by atoms with Crippen LogP contribution in [0.4, 0.5) is 0 Å². The van der Waals surface area contributed by atoms with Crippen molar-refractivity contribution in [2.24, 2.45) is 0 Å². The van der Waals surface area contributed by atoms with Gasteiger partial charge in [0.15, 0.2) is 6.10 Å². The first kappa shape index (κ1) is 67.1. The summed E-state index contributed by atoms with van der Waals surface area (Å²) in [5.41, 5.74) is 0. The molecule has 0 spiro atoms. The monoisotopic (exact) mass is 975 g/mol. The van der Waals surface area contributed by atoms with E-state index in [0.717, 1.165) is 103 Å². The maximum atomic E-state index is 12.9. The third-order valence-electron chi connectivity index (χ3n) is 12.9. The van der Waals surface area contributed by atoms with E-state index in [-0.39, 0.29) is 25.2 Å². The Labute approximate surface area is 435 Å². The Morgan fingerprint density at radius 1 is 0.329 bits per heavy atom. The molecule has 0 heterocycles. The fraction of sp³-hybridized carbons (Fsp3) is 0.754. The van der Waals surface area contributed by atoms with Crippen molar-refractivity contribution in [2.75, 3.05) is 19.8 Å². The Morgan fingerprint density at radius 3 is 1.06 bits per heavy atom. The first-order valence-electron chi connectivity index (χ1n) is 30.1. The molecule has 0 fully saturated rings. The Bertz CT molecular complexity index is 1290. The molecule has 1 unspecified atom stereocenters. The zero-order valence-corrected chi connectivity index (χ0v) is 46.5. The van der Waals surface area contributed by atoms with Crippen molar-refractivity contribution in [2.45, 2.75) is 297 Å². The molecule has 0 aromatic rings. The van der Waals surface area contributed by atoms with Gasteiger partial charge in [-0.1, -0.05) is 266 Å². The molecule has 0 amide bonds. The second-order valence-electron chi connectivity index (χ2n) is 19.9. The van der Waals surface area contributed by atoms with E-state index in [0.29, 0.717) is 19.4 Å². The normalized spacial score (nSPS) is 12.8. The Kier molecular flexibility index (Phi) is 57.9. The highest BCUT2D eigenvalue weighted by Crippen LogP contribution is 2.16. The van der Waals surface area contributed by atoms with Gasteiger partial charge in [0, 0.05) is 19.4 Å². The van der Waals surface area contributed by atoms with E-state index in [1.54, 1.807) is 0 Å². The van der Waals surface area contributed by atoms with Crippen LogP contribution in [-0.4, -0.2) is 37.9 Å². The summed E-state index contributed by atoms with van der Waals surface area (Å²) in [7, 11) is 0. The first-order valence-corrected chi connectivity index (χ1v) is 30.1. The van der Waals surface area contributed by atoms with Crippen LogP contribution < -0.4 is 0 Å². The molecule has 0 aliphatic heterocycles. The molecule has 404 valence electrons. The van der Waals surface area contributed by atoms with Gasteiger partial charge in [0.1, 0.15) is 6.61 Å². The fourth-order valence-electron chi connectivity index (χ4n) is 8.45. The molecule has 5 nitrogen and oxygen atoms in total. The summed E-state index contributed by atoms with van der Waals surface area (Å²) in [5, 5.41) is 0. The van der Waals surface area contributed by atoms with Gasteiger partial charge in [-0.15, -0.1) is 0 Å². The van der Waals surface area contributed by atoms with Gasteiger partial charge in [0.05, 0.1) is 6.61 Å². The molecular weight excluding hydrogens is 861 g/mol. The van der Waals surface area contributed by atoms with Gasteiger partial charge in [-0.25, -0.2) is 0 Å². The summed E-state index contributed by atoms with van der Waals surface area (Å²) in [6.07, 6.45) is 80.4. The molecule has 0 radical (unpaired) electrons. The minimum atomic E-state index is -0.562. The Hall–Kier alpha value is -2.92. The van der Waals surface area contributed by atoms with Crippen molar-refractivity contribution >= 4 is 11.9 Å². The lowest BCUT2D eigenvalue weighted by Gasteiger charge is -2.18. The summed E-state index contributed by atoms with van der Waals surface area (Å²) in [6.45, 7) is 7.64. The number of hydrogen-bond acceptors (Lipinski definition) is 5. The maximum absolute atomic E-state index is 12.9. The Morgan fingerprint density at radius 2 is 0.643 bits per heavy atom. The average molecular weight is 976 g/mol. The standard InChI is InChI=1S/C65H114O5/c1-4-7-10-13-16-19-22-25-28-31-33-35-37-40-43-46-49-52-55-58-64(66)69-62-63(61-68-60-57-54-51-48-45-42-39-30-27-24-21-18-15-12-9-6-3)70-65(67)59-56-53-50-47-44-41-38-36-34-32-29-26-23-20-17-14-11-8-5-2/h9,12,16,18-19,21,25,27-28,30,33,35,42,45,63H,4-8,10-11,13-15,17,20,22-24,26,29,31-32,34,36-41,43-44,46-62H2,1-3H3/b12-9-,19-16-,21-18-,28-25-,30-27-,35-33-,45-42-. The van der Waals surface area contributed by atoms with Gasteiger partial charge in [0.2, 0.25) is 0 Å². The third kappa shape index (κ3) is 57.7. The molecule has 0 bridgehead atoms. The van der Waals surface area contributed by atoms with Crippen molar-refractivity contribution < 1.29 is 23.8 Å². The smallest absolute Gasteiger partial charge is 0.306 e. The summed E-state index contributed by atoms with van der Waals surface area (Å²) in [4.78, 5) is 25.6. The number of rotatable bonds is 55. The van der Waals surface area contributed by atoms with Crippen LogP contribution in [0.15, 0.2) is 85.1 Å². The van der Waals surface area contributed by atoms with E-state index >= 15 is 0 Å². The van der Waals surface area contributed by atoms with Crippen molar-refractivity contribution in [1.29, 1.82) is 0 Å². The van der Waals surface area contributed by atoms with E-state index in [2.05, 4.69) is 106 Å². The van der Waals surface area contributed by atoms with Crippen molar-refractivity contribution in [3.05, 3.63) is 85.1 Å². The highest BCUT2D eigenvalue weighted by molar-refractivity contribution is 5.70. The van der Waals surface area contributed by atoms with E-state index in [9.17, 15) is 9.59 Å². The summed E-state index contributed by atoms with van der Waals surface area (Å²) in [6, 6.07) is 0. The van der Waals surface area contributed by atoms with Gasteiger partial charge >= 0.3 is 11.9 Å². The molecule has 70 heavy (non-hydrogen) atoms. The quantitative estimate of drug-likeness (QED) is 0.0345. The molecule has 0 aromatic heterocycles. The van der Waals surface area contributed by atoms with Crippen LogP contribution in [-0.2, 0) is 23.8 Å². The van der Waals surface area contributed by atoms with Gasteiger partial charge in [-0.05, 0) is 96.3 Å². The molecular formula is C65H114O5. The molecule has 0 aliphatic rings. The van der Waals surface area contributed by atoms with Crippen LogP contribution in [0.2, 0.25) is 0 Å². The molecule has 0 N–H and O–H groups in total. The molecule has 0 saturated carbocycles. The number of hydrogen-bond donors (Lipinski definition) is 0. The lowest BCUT2D eigenvalue weighted by Crippen LogP contribution is -2.30. The number of unbranched alkanes of at least 4 members (excludes halogenated alkanes) is 30. The molecule has 0 saturated heterocycles. The lowest BCUT2D eigenvalue weighted by atomic mass is 10.0. The predicted octanol–water partition coefficient (Wildman–Crippen LogP) is 20.8. The number of carbonyl (C=O) groups is 2. The van der Waals surface area contributed by atoms with Gasteiger partial charge in [-0.2, -0.15) is 0 Å². The van der Waals surface area contributed by atoms with E-state index < -0.39 is 6.10 Å². The zero-order valence-electron chi connectivity index (χ0n) is 46.5. The van der Waals surface area contributed by atoms with Crippen molar-refractivity contribution in [3.63, 3.8) is 0 Å². The molecule has 0 rings (SSSR count). The second kappa shape index (κ2) is 60.4. The summed E-state index contributed by atoms with van der Waals surface area (Å²) in [5.74, 6) is -0.420. The van der Waals surface area contributed by atoms with Gasteiger partial charge in [0.25, 0.3) is 0 Å². The Balaban J connectivity index is 4.33. The van der Waals surface area contributed by atoms with Gasteiger partial charge in [-0.3, -0.25) is 9.59 Å². The predicted molar refractivity (Wildman–Crippen MR) is 307 cm³/mol. The fourth-order valence-corrected chi connectivity index (χ4v) is 8.45. The minimum absolute atomic E-state index is 0.0646. The number of allylic oxidation sites excluding steroid dienone is 14. The number of esters is 2. The third-order valence-corrected chi connectivity index (χ3v) is 12.9. The van der Waals surface area contributed by atoms with Crippen LogP contribution in [0, 0.1) is 0 Å². The number of carbonyl (C=O) groups excluding carboxylic acids is 2. The van der Waals surface area contributed by atoms with Crippen LogP contribution in [0.3, 0.4) is 0 Å². The maximum Gasteiger partial charge on any atom is 0.306 e. The van der Waals surface area contributed by atoms with Crippen LogP contribution in [0.25, 0.3) is 0 Å². The first-order chi connectivity index (χ1) is 34.6. The average Bonchev–Trinajstić information content (AvgIpc) is 3.36. The van der Waals surface area contributed by atoms with E-state index in [1.807, 2.05) is 0 Å². The molecule has 5 heteroatoms. The van der Waals surface area contributed by atoms with E-state index in [4.69, 9.17) is 14.2 Å². The molecule has 0 aromatic carbocycles. The minimum Gasteiger partial charge on any atom is -0.462 e. The zero-order chi connectivity index (χ0) is 50.6. The highest BCUT2D eigenvalue weighted by Gasteiger charge is 2.17. The summed E-state index contributed by atoms with van der Waals surface area (Å²) >= 11 is 0. The second-order valence-corrected chi connectivity index (χ2v) is 19.9.